The number of carbonyl (C=O) groups is 2. The topological polar surface area (TPSA) is 65.1 Å². The molecular formula is C20H29NO5. The predicted molar refractivity (Wildman–Crippen MR) is 98.5 cm³/mol. The van der Waals surface area contributed by atoms with Crippen molar-refractivity contribution in [3.8, 4) is 5.75 Å². The third-order valence-electron chi connectivity index (χ3n) is 4.54. The highest BCUT2D eigenvalue weighted by Gasteiger charge is 2.29. The van der Waals surface area contributed by atoms with Gasteiger partial charge in [-0.05, 0) is 30.0 Å². The van der Waals surface area contributed by atoms with Crippen LogP contribution in [0.5, 0.6) is 5.75 Å². The monoisotopic (exact) mass is 363 g/mol. The number of esters is 2. The van der Waals surface area contributed by atoms with E-state index in [-0.39, 0.29) is 18.4 Å². The Labute approximate surface area is 155 Å². The molecule has 0 saturated carbocycles. The average molecular weight is 363 g/mol. The predicted octanol–water partition coefficient (Wildman–Crippen LogP) is 2.71. The van der Waals surface area contributed by atoms with Gasteiger partial charge >= 0.3 is 11.9 Å². The molecule has 1 aromatic carbocycles. The number of nitrogens with zero attached hydrogens (tertiary/aromatic N) is 1. The van der Waals surface area contributed by atoms with Crippen molar-refractivity contribution < 1.29 is 23.8 Å². The first-order chi connectivity index (χ1) is 12.3. The summed E-state index contributed by atoms with van der Waals surface area (Å²) in [7, 11) is 1.83. The first-order valence-corrected chi connectivity index (χ1v) is 9.09. The molecule has 0 spiro atoms. The van der Waals surface area contributed by atoms with Gasteiger partial charge in [0.25, 0.3) is 0 Å². The molecule has 0 aliphatic carbocycles. The van der Waals surface area contributed by atoms with E-state index in [9.17, 15) is 9.59 Å². The van der Waals surface area contributed by atoms with Crippen molar-refractivity contribution in [1.82, 2.24) is 4.90 Å². The SMILES string of the molecule is CC(C)c1cccc(C(C)C)c1OC(=O)COC(=O)C1COCCN1C. The highest BCUT2D eigenvalue weighted by atomic mass is 16.6. The molecule has 1 fully saturated rings. The Kier molecular flexibility index (Phi) is 7.17. The van der Waals surface area contributed by atoms with E-state index in [0.717, 1.165) is 11.1 Å². The van der Waals surface area contributed by atoms with Crippen molar-refractivity contribution in [3.05, 3.63) is 29.3 Å². The molecule has 0 amide bonds. The fourth-order valence-electron chi connectivity index (χ4n) is 2.90. The number of morpholine rings is 1. The second-order valence-corrected chi connectivity index (χ2v) is 7.23. The van der Waals surface area contributed by atoms with Gasteiger partial charge in [0.05, 0.1) is 13.2 Å². The highest BCUT2D eigenvalue weighted by Crippen LogP contribution is 2.34. The normalized spacial score (nSPS) is 18.2. The number of benzene rings is 1. The number of hydrogen-bond donors (Lipinski definition) is 0. The largest absolute Gasteiger partial charge is 0.452 e. The third-order valence-corrected chi connectivity index (χ3v) is 4.54. The van der Waals surface area contributed by atoms with Gasteiger partial charge in [0.15, 0.2) is 6.61 Å². The lowest BCUT2D eigenvalue weighted by Gasteiger charge is -2.30. The number of para-hydroxylation sites is 1. The zero-order valence-corrected chi connectivity index (χ0v) is 16.3. The molecule has 0 aromatic heterocycles. The van der Waals surface area contributed by atoms with Gasteiger partial charge in [-0.2, -0.15) is 0 Å². The van der Waals surface area contributed by atoms with Crippen molar-refractivity contribution >= 4 is 11.9 Å². The Morgan fingerprint density at radius 3 is 2.35 bits per heavy atom. The minimum absolute atomic E-state index is 0.215. The van der Waals surface area contributed by atoms with Gasteiger partial charge in [-0.25, -0.2) is 4.79 Å². The van der Waals surface area contributed by atoms with Crippen LogP contribution in [0.3, 0.4) is 0 Å². The number of hydrogen-bond acceptors (Lipinski definition) is 6. The van der Waals surface area contributed by atoms with Crippen LogP contribution in [0, 0.1) is 0 Å². The summed E-state index contributed by atoms with van der Waals surface area (Å²) >= 11 is 0. The number of carbonyl (C=O) groups excluding carboxylic acids is 2. The Bertz CT molecular complexity index is 615. The van der Waals surface area contributed by atoms with E-state index in [1.807, 2.05) is 30.1 Å². The molecular weight excluding hydrogens is 334 g/mol. The summed E-state index contributed by atoms with van der Waals surface area (Å²) in [6.07, 6.45) is 0. The molecule has 0 bridgehead atoms. The zero-order chi connectivity index (χ0) is 19.3. The van der Waals surface area contributed by atoms with Crippen LogP contribution in [0.25, 0.3) is 0 Å². The standard InChI is InChI=1S/C20H29NO5/c1-13(2)15-7-6-8-16(14(3)4)19(15)26-18(22)12-25-20(23)17-11-24-10-9-21(17)5/h6-8,13-14,17H,9-12H2,1-5H3. The van der Waals surface area contributed by atoms with Crippen molar-refractivity contribution in [2.75, 3.05) is 33.4 Å². The van der Waals surface area contributed by atoms with E-state index in [1.165, 1.54) is 0 Å². The molecule has 144 valence electrons. The smallest absolute Gasteiger partial charge is 0.349 e. The fraction of sp³-hybridized carbons (Fsp3) is 0.600. The van der Waals surface area contributed by atoms with Crippen molar-refractivity contribution in [1.29, 1.82) is 0 Å². The van der Waals surface area contributed by atoms with E-state index in [1.54, 1.807) is 0 Å². The van der Waals surface area contributed by atoms with Crippen LogP contribution >= 0.6 is 0 Å². The number of ether oxygens (including phenoxy) is 3. The Hall–Kier alpha value is -1.92. The van der Waals surface area contributed by atoms with Crippen molar-refractivity contribution in [3.63, 3.8) is 0 Å². The highest BCUT2D eigenvalue weighted by molar-refractivity contribution is 5.81. The molecule has 1 saturated heterocycles. The molecule has 1 atom stereocenters. The fourth-order valence-corrected chi connectivity index (χ4v) is 2.90. The number of rotatable bonds is 6. The molecule has 2 rings (SSSR count). The first kappa shape index (κ1) is 20.4. The minimum Gasteiger partial charge on any atom is -0.452 e. The number of likely N-dealkylation sites (N-methyl/N-ethyl adjacent to an activating group) is 1. The van der Waals surface area contributed by atoms with Gasteiger partial charge < -0.3 is 14.2 Å². The van der Waals surface area contributed by atoms with Crippen LogP contribution in [0.2, 0.25) is 0 Å². The minimum atomic E-state index is -0.576. The molecule has 26 heavy (non-hydrogen) atoms. The van der Waals surface area contributed by atoms with Gasteiger partial charge in [-0.1, -0.05) is 45.9 Å². The lowest BCUT2D eigenvalue weighted by atomic mass is 9.94. The average Bonchev–Trinajstić information content (AvgIpc) is 2.59. The van der Waals surface area contributed by atoms with E-state index < -0.39 is 24.6 Å². The summed E-state index contributed by atoms with van der Waals surface area (Å²) in [6, 6.07) is 5.41. The first-order valence-electron chi connectivity index (χ1n) is 9.09. The second kappa shape index (κ2) is 9.14. The van der Waals surface area contributed by atoms with Crippen molar-refractivity contribution in [2.45, 2.75) is 45.6 Å². The van der Waals surface area contributed by atoms with E-state index >= 15 is 0 Å². The second-order valence-electron chi connectivity index (χ2n) is 7.23. The molecule has 1 aliphatic rings. The summed E-state index contributed by atoms with van der Waals surface area (Å²) in [5.74, 6) is -0.0334. The third kappa shape index (κ3) is 5.05. The summed E-state index contributed by atoms with van der Waals surface area (Å²) in [5.41, 5.74) is 1.94. The summed E-state index contributed by atoms with van der Waals surface area (Å²) in [4.78, 5) is 26.3. The van der Waals surface area contributed by atoms with Crippen LogP contribution in [-0.4, -0.2) is 56.3 Å². The van der Waals surface area contributed by atoms with E-state index in [4.69, 9.17) is 14.2 Å². The maximum absolute atomic E-state index is 12.3. The van der Waals surface area contributed by atoms with Crippen LogP contribution < -0.4 is 4.74 Å². The maximum Gasteiger partial charge on any atom is 0.349 e. The molecule has 0 radical (unpaired) electrons. The van der Waals surface area contributed by atoms with Gasteiger partial charge in [-0.3, -0.25) is 9.69 Å². The van der Waals surface area contributed by atoms with Crippen LogP contribution in [0.4, 0.5) is 0 Å². The summed E-state index contributed by atoms with van der Waals surface area (Å²) < 4.78 is 16.1. The van der Waals surface area contributed by atoms with Crippen molar-refractivity contribution in [2.24, 2.45) is 0 Å². The van der Waals surface area contributed by atoms with E-state index in [2.05, 4.69) is 27.7 Å². The molecule has 1 aromatic rings. The van der Waals surface area contributed by atoms with Gasteiger partial charge in [0.1, 0.15) is 11.8 Å². The molecule has 1 unspecified atom stereocenters. The summed E-state index contributed by atoms with van der Waals surface area (Å²) in [5, 5.41) is 0. The Morgan fingerprint density at radius 2 is 1.81 bits per heavy atom. The van der Waals surface area contributed by atoms with Gasteiger partial charge in [0, 0.05) is 6.54 Å². The van der Waals surface area contributed by atoms with Crippen LogP contribution in [-0.2, 0) is 19.1 Å². The zero-order valence-electron chi connectivity index (χ0n) is 16.3. The molecule has 6 heteroatoms. The summed E-state index contributed by atoms with van der Waals surface area (Å²) in [6.45, 7) is 9.32. The molecule has 1 aliphatic heterocycles. The molecule has 1 heterocycles. The Balaban J connectivity index is 2.02. The Morgan fingerprint density at radius 1 is 1.19 bits per heavy atom. The quantitative estimate of drug-likeness (QED) is 0.572. The maximum atomic E-state index is 12.3. The van der Waals surface area contributed by atoms with Crippen LogP contribution in [0.15, 0.2) is 18.2 Å². The lowest BCUT2D eigenvalue weighted by molar-refractivity contribution is -0.161. The van der Waals surface area contributed by atoms with Gasteiger partial charge in [0.2, 0.25) is 0 Å². The molecule has 0 N–H and O–H groups in total. The van der Waals surface area contributed by atoms with Gasteiger partial charge in [-0.15, -0.1) is 0 Å². The van der Waals surface area contributed by atoms with Crippen LogP contribution in [0.1, 0.15) is 50.7 Å². The molecule has 6 nitrogen and oxygen atoms in total. The van der Waals surface area contributed by atoms with E-state index in [0.29, 0.717) is 18.9 Å². The lowest BCUT2D eigenvalue weighted by Crippen LogP contribution is -2.48.